The molecule has 1 saturated heterocycles. The second-order valence-electron chi connectivity index (χ2n) is 6.10. The third kappa shape index (κ3) is 1.37. The van der Waals surface area contributed by atoms with Crippen LogP contribution < -0.4 is 5.06 Å². The zero-order valence-electron chi connectivity index (χ0n) is 11.1. The van der Waals surface area contributed by atoms with Gasteiger partial charge < -0.3 is 0 Å². The van der Waals surface area contributed by atoms with Crippen LogP contribution in [-0.4, -0.2) is 11.5 Å². The van der Waals surface area contributed by atoms with Gasteiger partial charge in [-0.05, 0) is 44.7 Å². The van der Waals surface area contributed by atoms with Crippen molar-refractivity contribution in [3.8, 4) is 0 Å². The molecular weight excluding hydrogens is 226 g/mol. The molecule has 3 heteroatoms. The summed E-state index contributed by atoms with van der Waals surface area (Å²) < 4.78 is 0. The SMILES string of the molecule is C[C@@H]1C[C@@]2(C)C(=O)N(c3ccccc3)O[C@@]2(C)C1. The molecule has 0 bridgehead atoms. The van der Waals surface area contributed by atoms with Crippen LogP contribution in [0.4, 0.5) is 5.69 Å². The number of carbonyl (C=O) groups is 1. The fourth-order valence-corrected chi connectivity index (χ4v) is 3.53. The smallest absolute Gasteiger partial charge is 0.259 e. The van der Waals surface area contributed by atoms with Crippen molar-refractivity contribution in [2.45, 2.75) is 39.2 Å². The Bertz CT molecular complexity index is 487. The predicted octanol–water partition coefficient (Wildman–Crippen LogP) is 3.16. The van der Waals surface area contributed by atoms with E-state index in [-0.39, 0.29) is 16.9 Å². The summed E-state index contributed by atoms with van der Waals surface area (Å²) in [5.74, 6) is 0.641. The highest BCUT2D eigenvalue weighted by Crippen LogP contribution is 2.57. The van der Waals surface area contributed by atoms with E-state index < -0.39 is 0 Å². The molecule has 1 aromatic rings. The van der Waals surface area contributed by atoms with Crippen molar-refractivity contribution in [1.82, 2.24) is 0 Å². The van der Waals surface area contributed by atoms with Gasteiger partial charge in [0.05, 0.1) is 11.1 Å². The summed E-state index contributed by atoms with van der Waals surface area (Å²) in [6, 6.07) is 9.61. The number of benzene rings is 1. The summed E-state index contributed by atoms with van der Waals surface area (Å²) in [6.07, 6.45) is 1.85. The van der Waals surface area contributed by atoms with Gasteiger partial charge in [0.25, 0.3) is 5.91 Å². The first kappa shape index (κ1) is 11.7. The fraction of sp³-hybridized carbons (Fsp3) is 0.533. The van der Waals surface area contributed by atoms with Gasteiger partial charge in [0.1, 0.15) is 5.60 Å². The highest BCUT2D eigenvalue weighted by atomic mass is 16.7. The van der Waals surface area contributed by atoms with E-state index in [1.54, 1.807) is 0 Å². The minimum absolute atomic E-state index is 0.0977. The van der Waals surface area contributed by atoms with Crippen LogP contribution in [0.25, 0.3) is 0 Å². The standard InChI is InChI=1S/C15H19NO2/c1-11-9-14(2)13(17)16(18-15(14,3)10-11)12-7-5-4-6-8-12/h4-8,11H,9-10H2,1-3H3/t11-,14+,15+/m1/s1. The second kappa shape index (κ2) is 3.58. The lowest BCUT2D eigenvalue weighted by molar-refractivity contribution is -0.125. The van der Waals surface area contributed by atoms with Gasteiger partial charge in [0, 0.05) is 0 Å². The van der Waals surface area contributed by atoms with E-state index in [1.165, 1.54) is 5.06 Å². The highest BCUT2D eigenvalue weighted by Gasteiger charge is 2.64. The van der Waals surface area contributed by atoms with Crippen molar-refractivity contribution in [1.29, 1.82) is 0 Å². The van der Waals surface area contributed by atoms with Crippen molar-refractivity contribution in [3.05, 3.63) is 30.3 Å². The van der Waals surface area contributed by atoms with Crippen LogP contribution in [0.1, 0.15) is 33.6 Å². The van der Waals surface area contributed by atoms with Gasteiger partial charge in [-0.1, -0.05) is 25.1 Å². The van der Waals surface area contributed by atoms with Gasteiger partial charge in [-0.15, -0.1) is 0 Å². The van der Waals surface area contributed by atoms with E-state index in [1.807, 2.05) is 37.3 Å². The van der Waals surface area contributed by atoms with Crippen molar-refractivity contribution in [3.63, 3.8) is 0 Å². The van der Waals surface area contributed by atoms with Gasteiger partial charge >= 0.3 is 0 Å². The van der Waals surface area contributed by atoms with E-state index in [4.69, 9.17) is 4.84 Å². The Balaban J connectivity index is 1.99. The molecule has 0 aromatic heterocycles. The van der Waals surface area contributed by atoms with Crippen LogP contribution in [0.5, 0.6) is 0 Å². The van der Waals surface area contributed by atoms with Crippen molar-refractivity contribution in [2.75, 3.05) is 5.06 Å². The molecule has 3 rings (SSSR count). The van der Waals surface area contributed by atoms with Gasteiger partial charge in [0.2, 0.25) is 0 Å². The highest BCUT2D eigenvalue weighted by molar-refractivity contribution is 5.98. The molecule has 1 heterocycles. The molecule has 1 aliphatic carbocycles. The zero-order chi connectivity index (χ0) is 13.0. The van der Waals surface area contributed by atoms with Crippen LogP contribution in [0, 0.1) is 11.3 Å². The third-order valence-corrected chi connectivity index (χ3v) is 4.60. The Hall–Kier alpha value is -1.35. The molecule has 96 valence electrons. The number of rotatable bonds is 1. The van der Waals surface area contributed by atoms with Gasteiger partial charge in [-0.3, -0.25) is 9.63 Å². The molecule has 0 radical (unpaired) electrons. The number of hydrogen-bond donors (Lipinski definition) is 0. The molecular formula is C15H19NO2. The number of amides is 1. The first-order chi connectivity index (χ1) is 8.46. The maximum atomic E-state index is 12.7. The van der Waals surface area contributed by atoms with Crippen LogP contribution in [0.3, 0.4) is 0 Å². The Morgan fingerprint density at radius 2 is 1.89 bits per heavy atom. The molecule has 0 spiro atoms. The second-order valence-corrected chi connectivity index (χ2v) is 6.10. The summed E-state index contributed by atoms with van der Waals surface area (Å²) in [5, 5.41) is 1.49. The molecule has 1 aromatic carbocycles. The van der Waals surface area contributed by atoms with E-state index >= 15 is 0 Å². The fourth-order valence-electron chi connectivity index (χ4n) is 3.53. The van der Waals surface area contributed by atoms with Gasteiger partial charge in [0.15, 0.2) is 0 Å². The Kier molecular flexibility index (Phi) is 2.33. The number of hydroxylamine groups is 1. The van der Waals surface area contributed by atoms with Gasteiger partial charge in [-0.25, -0.2) is 0 Å². The monoisotopic (exact) mass is 245 g/mol. The lowest BCUT2D eigenvalue weighted by atomic mass is 9.77. The average Bonchev–Trinajstić information content (AvgIpc) is 2.67. The van der Waals surface area contributed by atoms with Crippen molar-refractivity contribution < 1.29 is 9.63 Å². The maximum Gasteiger partial charge on any atom is 0.259 e. The topological polar surface area (TPSA) is 29.5 Å². The minimum Gasteiger partial charge on any atom is -0.271 e. The summed E-state index contributed by atoms with van der Waals surface area (Å²) in [5.41, 5.74) is 0.0775. The van der Waals surface area contributed by atoms with Crippen molar-refractivity contribution >= 4 is 11.6 Å². The molecule has 2 fully saturated rings. The third-order valence-electron chi connectivity index (χ3n) is 4.60. The Morgan fingerprint density at radius 1 is 1.22 bits per heavy atom. The zero-order valence-corrected chi connectivity index (χ0v) is 11.1. The first-order valence-corrected chi connectivity index (χ1v) is 6.55. The summed E-state index contributed by atoms with van der Waals surface area (Å²) in [6.45, 7) is 6.30. The molecule has 3 nitrogen and oxygen atoms in total. The van der Waals surface area contributed by atoms with E-state index in [9.17, 15) is 4.79 Å². The molecule has 1 amide bonds. The molecule has 0 unspecified atom stereocenters. The molecule has 1 saturated carbocycles. The molecule has 0 N–H and O–H groups in total. The van der Waals surface area contributed by atoms with Crippen LogP contribution in [-0.2, 0) is 9.63 Å². The molecule has 1 aliphatic heterocycles. The van der Waals surface area contributed by atoms with E-state index in [0.29, 0.717) is 5.92 Å². The van der Waals surface area contributed by atoms with E-state index in [0.717, 1.165) is 18.5 Å². The summed E-state index contributed by atoms with van der Waals surface area (Å²) >= 11 is 0. The maximum absolute atomic E-state index is 12.7. The Morgan fingerprint density at radius 3 is 2.50 bits per heavy atom. The van der Waals surface area contributed by atoms with Crippen LogP contribution in [0.2, 0.25) is 0 Å². The number of fused-ring (bicyclic) bond motifs is 1. The normalized spacial score (nSPS) is 39.2. The van der Waals surface area contributed by atoms with Crippen LogP contribution in [0.15, 0.2) is 30.3 Å². The largest absolute Gasteiger partial charge is 0.271 e. The molecule has 2 aliphatic rings. The van der Waals surface area contributed by atoms with Crippen LogP contribution >= 0.6 is 0 Å². The number of carbonyl (C=O) groups excluding carboxylic acids is 1. The number of nitrogens with zero attached hydrogens (tertiary/aromatic N) is 1. The lowest BCUT2D eigenvalue weighted by Gasteiger charge is -2.27. The Labute approximate surface area is 108 Å². The van der Waals surface area contributed by atoms with Crippen molar-refractivity contribution in [2.24, 2.45) is 11.3 Å². The van der Waals surface area contributed by atoms with E-state index in [2.05, 4.69) is 13.8 Å². The number of hydrogen-bond acceptors (Lipinski definition) is 2. The lowest BCUT2D eigenvalue weighted by Crippen LogP contribution is -2.38. The number of para-hydroxylation sites is 1. The average molecular weight is 245 g/mol. The predicted molar refractivity (Wildman–Crippen MR) is 69.9 cm³/mol. The summed E-state index contributed by atoms with van der Waals surface area (Å²) in [4.78, 5) is 18.7. The van der Waals surface area contributed by atoms with Gasteiger partial charge in [-0.2, -0.15) is 5.06 Å². The molecule has 18 heavy (non-hydrogen) atoms. The first-order valence-electron chi connectivity index (χ1n) is 6.55. The minimum atomic E-state index is -0.387. The summed E-state index contributed by atoms with van der Waals surface area (Å²) in [7, 11) is 0. The number of anilines is 1. The quantitative estimate of drug-likeness (QED) is 0.760. The molecule has 3 atom stereocenters.